The van der Waals surface area contributed by atoms with E-state index >= 15 is 0 Å². The van der Waals surface area contributed by atoms with Crippen LogP contribution in [-0.2, 0) is 4.79 Å². The zero-order valence-electron chi connectivity index (χ0n) is 14.5. The van der Waals surface area contributed by atoms with Crippen molar-refractivity contribution in [3.8, 4) is 0 Å². The van der Waals surface area contributed by atoms with Gasteiger partial charge in [-0.15, -0.1) is 11.3 Å². The first-order valence-corrected chi connectivity index (χ1v) is 10.00. The van der Waals surface area contributed by atoms with Crippen molar-refractivity contribution < 1.29 is 20.1 Å². The van der Waals surface area contributed by atoms with Crippen molar-refractivity contribution in [2.24, 2.45) is 5.92 Å². The van der Waals surface area contributed by atoms with Crippen LogP contribution in [0.5, 0.6) is 0 Å². The highest BCUT2D eigenvalue weighted by Gasteiger charge is 2.50. The number of rotatable bonds is 4. The molecule has 140 valence electrons. The summed E-state index contributed by atoms with van der Waals surface area (Å²) in [7, 11) is 0. The van der Waals surface area contributed by atoms with Crippen molar-refractivity contribution >= 4 is 27.5 Å². The molecule has 2 fully saturated rings. The van der Waals surface area contributed by atoms with E-state index in [1.54, 1.807) is 4.90 Å². The summed E-state index contributed by atoms with van der Waals surface area (Å²) in [5.41, 5.74) is 0.561. The van der Waals surface area contributed by atoms with Gasteiger partial charge in [-0.1, -0.05) is 12.1 Å². The van der Waals surface area contributed by atoms with Crippen LogP contribution in [0.1, 0.15) is 43.2 Å². The number of carbonyl (C=O) groups excluding carboxylic acids is 1. The van der Waals surface area contributed by atoms with Crippen molar-refractivity contribution in [2.45, 2.75) is 49.9 Å². The Morgan fingerprint density at radius 1 is 1.27 bits per heavy atom. The number of amides is 1. The van der Waals surface area contributed by atoms with Gasteiger partial charge in [0.1, 0.15) is 11.1 Å². The Bertz CT molecular complexity index is 767. The average Bonchev–Trinajstić information content (AvgIpc) is 3.10. The third-order valence-electron chi connectivity index (χ3n) is 6.05. The number of aromatic nitrogens is 1. The lowest BCUT2D eigenvalue weighted by Gasteiger charge is -2.56. The van der Waals surface area contributed by atoms with E-state index in [-0.39, 0.29) is 12.1 Å². The number of thiazole rings is 1. The van der Waals surface area contributed by atoms with Crippen molar-refractivity contribution in [1.29, 1.82) is 0 Å². The van der Waals surface area contributed by atoms with Crippen LogP contribution in [0, 0.1) is 5.92 Å². The molecule has 1 saturated heterocycles. The molecule has 1 aromatic carbocycles. The van der Waals surface area contributed by atoms with Gasteiger partial charge in [-0.3, -0.25) is 4.79 Å². The number of hydrogen-bond donors (Lipinski definition) is 3. The van der Waals surface area contributed by atoms with Gasteiger partial charge < -0.3 is 20.2 Å². The van der Waals surface area contributed by atoms with E-state index in [1.165, 1.54) is 11.3 Å². The van der Waals surface area contributed by atoms with Crippen molar-refractivity contribution in [2.75, 3.05) is 13.2 Å². The summed E-state index contributed by atoms with van der Waals surface area (Å²) in [6.07, 6.45) is 1.63. The smallest absolute Gasteiger partial charge is 0.255 e. The van der Waals surface area contributed by atoms with E-state index in [2.05, 4.69) is 4.98 Å². The van der Waals surface area contributed by atoms with E-state index in [1.807, 2.05) is 24.3 Å². The first-order chi connectivity index (χ1) is 12.5. The van der Waals surface area contributed by atoms with Crippen LogP contribution in [0.3, 0.4) is 0 Å². The Morgan fingerprint density at radius 3 is 2.62 bits per heavy atom. The van der Waals surface area contributed by atoms with E-state index in [4.69, 9.17) is 0 Å². The molecule has 4 rings (SSSR count). The topological polar surface area (TPSA) is 93.9 Å². The third kappa shape index (κ3) is 2.93. The largest absolute Gasteiger partial charge is 0.396 e. The molecule has 1 aliphatic heterocycles. The lowest BCUT2D eigenvalue weighted by molar-refractivity contribution is -0.167. The summed E-state index contributed by atoms with van der Waals surface area (Å²) in [5.74, 6) is -0.0955. The highest BCUT2D eigenvalue weighted by atomic mass is 32.1. The molecule has 1 amide bonds. The van der Waals surface area contributed by atoms with Gasteiger partial charge in [-0.2, -0.15) is 0 Å². The minimum absolute atomic E-state index is 0.197. The second-order valence-electron chi connectivity index (χ2n) is 7.50. The van der Waals surface area contributed by atoms with E-state index in [0.29, 0.717) is 17.5 Å². The molecule has 2 aliphatic rings. The Hall–Kier alpha value is -1.54. The second kappa shape index (κ2) is 6.88. The van der Waals surface area contributed by atoms with Crippen molar-refractivity contribution in [3.05, 3.63) is 29.3 Å². The van der Waals surface area contributed by atoms with Crippen molar-refractivity contribution in [1.82, 2.24) is 9.88 Å². The fourth-order valence-corrected chi connectivity index (χ4v) is 5.23. The number of aliphatic hydroxyl groups is 3. The molecule has 0 radical (unpaired) electrons. The molecule has 2 aromatic rings. The van der Waals surface area contributed by atoms with E-state index < -0.39 is 18.1 Å². The van der Waals surface area contributed by atoms with Crippen LogP contribution in [-0.4, -0.2) is 55.9 Å². The lowest BCUT2D eigenvalue weighted by Crippen LogP contribution is -2.65. The summed E-state index contributed by atoms with van der Waals surface area (Å²) in [5, 5.41) is 30.7. The van der Waals surface area contributed by atoms with Crippen LogP contribution < -0.4 is 0 Å². The van der Waals surface area contributed by atoms with Crippen LogP contribution in [0.2, 0.25) is 0 Å². The molecule has 26 heavy (non-hydrogen) atoms. The third-order valence-corrected chi connectivity index (χ3v) is 7.16. The molecule has 7 heteroatoms. The molecule has 3 N–H and O–H groups in total. The number of nitrogens with zero attached hydrogens (tertiary/aromatic N) is 2. The van der Waals surface area contributed by atoms with Crippen LogP contribution in [0.25, 0.3) is 10.2 Å². The zero-order valence-corrected chi connectivity index (χ0v) is 15.4. The second-order valence-corrected chi connectivity index (χ2v) is 8.56. The standard InChI is InChI=1S/C19H24N2O4S/c22-11-12-5-7-19(8-6-12)9-10-21(19)18(25)16(24)15(23)17-20-13-3-1-2-4-14(13)26-17/h1-4,12,15-16,22-24H,5-11H2. The number of para-hydroxylation sites is 1. The highest BCUT2D eigenvalue weighted by Crippen LogP contribution is 2.45. The Kier molecular flexibility index (Phi) is 4.73. The fourth-order valence-electron chi connectivity index (χ4n) is 4.25. The molecule has 1 aliphatic carbocycles. The molecule has 0 bridgehead atoms. The highest BCUT2D eigenvalue weighted by molar-refractivity contribution is 7.18. The number of hydrogen-bond acceptors (Lipinski definition) is 6. The maximum atomic E-state index is 12.8. The van der Waals surface area contributed by atoms with Gasteiger partial charge in [-0.05, 0) is 50.2 Å². The van der Waals surface area contributed by atoms with Crippen molar-refractivity contribution in [3.63, 3.8) is 0 Å². The zero-order chi connectivity index (χ0) is 18.3. The molecular weight excluding hydrogens is 352 g/mol. The molecule has 1 saturated carbocycles. The summed E-state index contributed by atoms with van der Waals surface area (Å²) in [4.78, 5) is 18.9. The lowest BCUT2D eigenvalue weighted by atomic mass is 9.69. The number of fused-ring (bicyclic) bond motifs is 1. The first kappa shape index (κ1) is 17.9. The molecule has 2 atom stereocenters. The molecule has 2 heterocycles. The minimum atomic E-state index is -1.50. The van der Waals surface area contributed by atoms with Crippen LogP contribution >= 0.6 is 11.3 Å². The molecule has 1 spiro atoms. The Morgan fingerprint density at radius 2 is 2.00 bits per heavy atom. The molecule has 1 aromatic heterocycles. The van der Waals surface area contributed by atoms with Gasteiger partial charge in [0.15, 0.2) is 6.10 Å². The summed E-state index contributed by atoms with van der Waals surface area (Å²) in [6.45, 7) is 0.815. The number of aliphatic hydroxyl groups excluding tert-OH is 3. The first-order valence-electron chi connectivity index (χ1n) is 9.18. The summed E-state index contributed by atoms with van der Waals surface area (Å²) in [6, 6.07) is 7.51. The normalized spacial score (nSPS) is 28.1. The molecule has 2 unspecified atom stereocenters. The van der Waals surface area contributed by atoms with Gasteiger partial charge in [0.05, 0.1) is 10.2 Å². The number of carbonyl (C=O) groups is 1. The van der Waals surface area contributed by atoms with Crippen LogP contribution in [0.4, 0.5) is 0 Å². The Labute approximate surface area is 156 Å². The minimum Gasteiger partial charge on any atom is -0.396 e. The quantitative estimate of drug-likeness (QED) is 0.757. The number of benzene rings is 1. The summed E-state index contributed by atoms with van der Waals surface area (Å²) >= 11 is 1.30. The average molecular weight is 376 g/mol. The predicted molar refractivity (Wildman–Crippen MR) is 98.7 cm³/mol. The maximum absolute atomic E-state index is 12.8. The Balaban J connectivity index is 1.47. The van der Waals surface area contributed by atoms with Gasteiger partial charge in [0.2, 0.25) is 0 Å². The van der Waals surface area contributed by atoms with Crippen LogP contribution in [0.15, 0.2) is 24.3 Å². The van der Waals surface area contributed by atoms with Gasteiger partial charge in [0, 0.05) is 18.7 Å². The van der Waals surface area contributed by atoms with Gasteiger partial charge >= 0.3 is 0 Å². The predicted octanol–water partition coefficient (Wildman–Crippen LogP) is 1.84. The SMILES string of the molecule is O=C(C(O)C(O)c1nc2ccccc2s1)N1CCC12CCC(CO)CC2. The molecule has 6 nitrogen and oxygen atoms in total. The summed E-state index contributed by atoms with van der Waals surface area (Å²) < 4.78 is 0.920. The number of likely N-dealkylation sites (tertiary alicyclic amines) is 1. The molecular formula is C19H24N2O4S. The fraction of sp³-hybridized carbons (Fsp3) is 0.579. The maximum Gasteiger partial charge on any atom is 0.255 e. The van der Waals surface area contributed by atoms with Gasteiger partial charge in [0.25, 0.3) is 5.91 Å². The van der Waals surface area contributed by atoms with E-state index in [0.717, 1.165) is 42.3 Å². The monoisotopic (exact) mass is 376 g/mol. The van der Waals surface area contributed by atoms with E-state index in [9.17, 15) is 20.1 Å². The van der Waals surface area contributed by atoms with Gasteiger partial charge in [-0.25, -0.2) is 4.98 Å².